The van der Waals surface area contributed by atoms with Crippen molar-refractivity contribution in [3.63, 3.8) is 0 Å². The van der Waals surface area contributed by atoms with Crippen LogP contribution in [-0.2, 0) is 19.4 Å². The molecule has 26 heavy (non-hydrogen) atoms. The lowest BCUT2D eigenvalue weighted by Gasteiger charge is -2.14. The zero-order valence-corrected chi connectivity index (χ0v) is 15.9. The number of rotatable bonds is 3. The summed E-state index contributed by atoms with van der Waals surface area (Å²) in [6.45, 7) is 5.08. The molecule has 0 fully saturated rings. The molecule has 0 unspecified atom stereocenters. The molecule has 0 amide bonds. The van der Waals surface area contributed by atoms with Gasteiger partial charge in [0.25, 0.3) is 0 Å². The Morgan fingerprint density at radius 2 is 1.85 bits per heavy atom. The second-order valence-corrected chi connectivity index (χ2v) is 7.40. The lowest BCUT2D eigenvalue weighted by molar-refractivity contribution is 0.582. The summed E-state index contributed by atoms with van der Waals surface area (Å²) >= 11 is 6.08. The van der Waals surface area contributed by atoms with Crippen molar-refractivity contribution in [1.82, 2.24) is 15.1 Å². The van der Waals surface area contributed by atoms with E-state index in [1.807, 2.05) is 12.1 Å². The van der Waals surface area contributed by atoms with Crippen molar-refractivity contribution >= 4 is 11.6 Å². The number of nitrogens with zero attached hydrogens (tertiary/aromatic N) is 2. The Hall–Kier alpha value is -2.10. The topological polar surface area (TPSA) is 29.9 Å². The molecule has 3 nitrogen and oxygen atoms in total. The Balaban J connectivity index is 1.79. The molecule has 0 bridgehead atoms. The molecule has 1 N–H and O–H groups in total. The minimum Gasteiger partial charge on any atom is -0.316 e. The number of aromatic nitrogens is 2. The lowest BCUT2D eigenvalue weighted by atomic mass is 9.99. The summed E-state index contributed by atoms with van der Waals surface area (Å²) in [7, 11) is 0. The molecule has 0 atom stereocenters. The maximum absolute atomic E-state index is 6.08. The largest absolute Gasteiger partial charge is 0.316 e. The standard InChI is InChI=1S/C22H24ClN3/c1-16-5-2-3-6-18(16)15-26-21-7-4-13-24-14-12-20(21)22(25-26)17-8-10-19(23)11-9-17/h2-3,5-6,8-11,24H,4,7,12-15H2,1H3. The van der Waals surface area contributed by atoms with Crippen molar-refractivity contribution in [2.45, 2.75) is 32.7 Å². The average Bonchev–Trinajstić information content (AvgIpc) is 2.94. The first-order valence-corrected chi connectivity index (χ1v) is 9.70. The fourth-order valence-corrected chi connectivity index (χ4v) is 3.84. The smallest absolute Gasteiger partial charge is 0.0958 e. The third kappa shape index (κ3) is 3.55. The Bertz CT molecular complexity index is 896. The summed E-state index contributed by atoms with van der Waals surface area (Å²) < 4.78 is 2.23. The number of hydrogen-bond acceptors (Lipinski definition) is 2. The highest BCUT2D eigenvalue weighted by Gasteiger charge is 2.20. The molecule has 1 aliphatic rings. The molecule has 1 aliphatic heterocycles. The highest BCUT2D eigenvalue weighted by atomic mass is 35.5. The minimum atomic E-state index is 0.762. The van der Waals surface area contributed by atoms with Gasteiger partial charge >= 0.3 is 0 Å². The van der Waals surface area contributed by atoms with Gasteiger partial charge in [-0.15, -0.1) is 0 Å². The van der Waals surface area contributed by atoms with Crippen molar-refractivity contribution < 1.29 is 0 Å². The van der Waals surface area contributed by atoms with E-state index < -0.39 is 0 Å². The molecule has 134 valence electrons. The van der Waals surface area contributed by atoms with Crippen LogP contribution in [0.25, 0.3) is 11.3 Å². The van der Waals surface area contributed by atoms with Gasteiger partial charge in [-0.1, -0.05) is 48.0 Å². The van der Waals surface area contributed by atoms with E-state index in [4.69, 9.17) is 16.7 Å². The Labute approximate surface area is 160 Å². The van der Waals surface area contributed by atoms with E-state index in [1.165, 1.54) is 22.4 Å². The molecule has 4 rings (SSSR count). The summed E-state index contributed by atoms with van der Waals surface area (Å²) in [6.07, 6.45) is 3.22. The minimum absolute atomic E-state index is 0.762. The van der Waals surface area contributed by atoms with Gasteiger partial charge in [-0.05, 0) is 62.5 Å². The average molecular weight is 366 g/mol. The van der Waals surface area contributed by atoms with Gasteiger partial charge in [-0.25, -0.2) is 0 Å². The number of fused-ring (bicyclic) bond motifs is 1. The van der Waals surface area contributed by atoms with Gasteiger partial charge in [0, 0.05) is 21.8 Å². The van der Waals surface area contributed by atoms with Crippen molar-refractivity contribution in [1.29, 1.82) is 0 Å². The van der Waals surface area contributed by atoms with Gasteiger partial charge in [0.15, 0.2) is 0 Å². The van der Waals surface area contributed by atoms with Crippen LogP contribution in [0.2, 0.25) is 5.02 Å². The predicted molar refractivity (Wildman–Crippen MR) is 108 cm³/mol. The zero-order valence-electron chi connectivity index (χ0n) is 15.1. The highest BCUT2D eigenvalue weighted by Crippen LogP contribution is 2.29. The molecule has 2 heterocycles. The van der Waals surface area contributed by atoms with Crippen LogP contribution in [0.3, 0.4) is 0 Å². The van der Waals surface area contributed by atoms with Crippen LogP contribution in [0, 0.1) is 6.92 Å². The van der Waals surface area contributed by atoms with E-state index in [1.54, 1.807) is 0 Å². The van der Waals surface area contributed by atoms with E-state index >= 15 is 0 Å². The van der Waals surface area contributed by atoms with Crippen molar-refractivity contribution in [2.75, 3.05) is 13.1 Å². The molecule has 0 radical (unpaired) electrons. The maximum Gasteiger partial charge on any atom is 0.0958 e. The van der Waals surface area contributed by atoms with Gasteiger partial charge in [0.05, 0.1) is 12.2 Å². The van der Waals surface area contributed by atoms with Crippen molar-refractivity contribution in [2.24, 2.45) is 0 Å². The normalized spacial score (nSPS) is 14.5. The molecular weight excluding hydrogens is 342 g/mol. The third-order valence-corrected chi connectivity index (χ3v) is 5.44. The number of nitrogens with one attached hydrogen (secondary N) is 1. The highest BCUT2D eigenvalue weighted by molar-refractivity contribution is 6.30. The fourth-order valence-electron chi connectivity index (χ4n) is 3.72. The van der Waals surface area contributed by atoms with Crippen LogP contribution in [-0.4, -0.2) is 22.9 Å². The van der Waals surface area contributed by atoms with E-state index in [9.17, 15) is 0 Å². The van der Waals surface area contributed by atoms with Crippen LogP contribution in [0.5, 0.6) is 0 Å². The third-order valence-electron chi connectivity index (χ3n) is 5.18. The van der Waals surface area contributed by atoms with Crippen LogP contribution < -0.4 is 5.32 Å². The molecular formula is C22H24ClN3. The molecule has 0 aliphatic carbocycles. The van der Waals surface area contributed by atoms with Gasteiger partial charge in [0.2, 0.25) is 0 Å². The first-order chi connectivity index (χ1) is 12.7. The predicted octanol–water partition coefficient (Wildman–Crippen LogP) is 4.64. The second kappa shape index (κ2) is 7.65. The molecule has 0 spiro atoms. The summed E-state index contributed by atoms with van der Waals surface area (Å²) in [6, 6.07) is 16.6. The number of aryl methyl sites for hydroxylation is 1. The summed E-state index contributed by atoms with van der Waals surface area (Å²) in [4.78, 5) is 0. The van der Waals surface area contributed by atoms with Gasteiger partial charge in [-0.3, -0.25) is 4.68 Å². The van der Waals surface area contributed by atoms with E-state index in [2.05, 4.69) is 53.3 Å². The van der Waals surface area contributed by atoms with Gasteiger partial charge in [0.1, 0.15) is 0 Å². The maximum atomic E-state index is 6.08. The van der Waals surface area contributed by atoms with Crippen LogP contribution in [0.15, 0.2) is 48.5 Å². The molecule has 3 aromatic rings. The second-order valence-electron chi connectivity index (χ2n) is 6.97. The fraction of sp³-hybridized carbons (Fsp3) is 0.318. The summed E-state index contributed by atoms with van der Waals surface area (Å²) in [5, 5.41) is 9.34. The number of hydrogen-bond donors (Lipinski definition) is 1. The molecule has 2 aromatic carbocycles. The molecule has 4 heteroatoms. The van der Waals surface area contributed by atoms with Crippen LogP contribution in [0.4, 0.5) is 0 Å². The summed E-state index contributed by atoms with van der Waals surface area (Å²) in [5.41, 5.74) is 7.68. The van der Waals surface area contributed by atoms with Crippen LogP contribution >= 0.6 is 11.6 Å². The van der Waals surface area contributed by atoms with Crippen molar-refractivity contribution in [3.05, 3.63) is 75.9 Å². The molecule has 0 saturated heterocycles. The van der Waals surface area contributed by atoms with Crippen molar-refractivity contribution in [3.8, 4) is 11.3 Å². The Kier molecular flexibility index (Phi) is 5.09. The number of benzene rings is 2. The van der Waals surface area contributed by atoms with Gasteiger partial charge < -0.3 is 5.32 Å². The monoisotopic (exact) mass is 365 g/mol. The van der Waals surface area contributed by atoms with Crippen LogP contribution in [0.1, 0.15) is 28.8 Å². The van der Waals surface area contributed by atoms with E-state index in [0.29, 0.717) is 0 Å². The Morgan fingerprint density at radius 1 is 1.04 bits per heavy atom. The van der Waals surface area contributed by atoms with Gasteiger partial charge in [-0.2, -0.15) is 5.10 Å². The molecule has 1 aromatic heterocycles. The van der Waals surface area contributed by atoms with E-state index in [-0.39, 0.29) is 0 Å². The summed E-state index contributed by atoms with van der Waals surface area (Å²) in [5.74, 6) is 0. The molecule has 0 saturated carbocycles. The first-order valence-electron chi connectivity index (χ1n) is 9.32. The zero-order chi connectivity index (χ0) is 17.9. The Morgan fingerprint density at radius 3 is 2.65 bits per heavy atom. The lowest BCUT2D eigenvalue weighted by Crippen LogP contribution is -2.23. The SMILES string of the molecule is Cc1ccccc1Cn1nc(-c2ccc(Cl)cc2)c2c1CCCNCC2. The van der Waals surface area contributed by atoms with E-state index in [0.717, 1.165) is 55.2 Å². The quantitative estimate of drug-likeness (QED) is 0.732. The first kappa shape index (κ1) is 17.3. The number of halogens is 1.